The van der Waals surface area contributed by atoms with Gasteiger partial charge in [-0.15, -0.1) is 0 Å². The number of carbonyl (C=O) groups is 1. The molecule has 1 aromatic rings. The van der Waals surface area contributed by atoms with Gasteiger partial charge in [0.2, 0.25) is 0 Å². The maximum atomic E-state index is 11.7. The molecule has 0 spiro atoms. The lowest BCUT2D eigenvalue weighted by Crippen LogP contribution is -2.26. The van der Waals surface area contributed by atoms with Crippen molar-refractivity contribution in [2.24, 2.45) is 0 Å². The summed E-state index contributed by atoms with van der Waals surface area (Å²) in [6.45, 7) is 5.66. The summed E-state index contributed by atoms with van der Waals surface area (Å²) in [6, 6.07) is 3.81. The van der Waals surface area contributed by atoms with Crippen LogP contribution >= 0.6 is 0 Å². The molecule has 88 valence electrons. The molecule has 0 atom stereocenters. The van der Waals surface area contributed by atoms with Crippen molar-refractivity contribution in [1.82, 2.24) is 0 Å². The van der Waals surface area contributed by atoms with Crippen LogP contribution in [0, 0.1) is 0 Å². The van der Waals surface area contributed by atoms with Crippen LogP contribution in [0.25, 0.3) is 0 Å². The van der Waals surface area contributed by atoms with Crippen LogP contribution in [0.1, 0.15) is 45.8 Å². The van der Waals surface area contributed by atoms with Crippen LogP contribution in [0.2, 0.25) is 0 Å². The summed E-state index contributed by atoms with van der Waals surface area (Å²) in [5, 5.41) is 0. The van der Waals surface area contributed by atoms with Crippen molar-refractivity contribution in [1.29, 1.82) is 0 Å². The molecule has 0 amide bonds. The third-order valence-electron chi connectivity index (χ3n) is 2.80. The third-order valence-corrected chi connectivity index (χ3v) is 2.80. The van der Waals surface area contributed by atoms with Gasteiger partial charge >= 0.3 is 5.97 Å². The molecule has 0 aliphatic heterocycles. The Hall–Kier alpha value is -1.25. The molecule has 0 unspecified atom stereocenters. The van der Waals surface area contributed by atoms with Crippen LogP contribution in [-0.4, -0.2) is 11.6 Å². The number of hydrogen-bond donors (Lipinski definition) is 0. The average Bonchev–Trinajstić information content (AvgIpc) is 2.71. The summed E-state index contributed by atoms with van der Waals surface area (Å²) < 4.78 is 10.7. The van der Waals surface area contributed by atoms with Crippen molar-refractivity contribution in [3.63, 3.8) is 0 Å². The molecule has 1 heterocycles. The van der Waals surface area contributed by atoms with Gasteiger partial charge in [-0.3, -0.25) is 4.79 Å². The first kappa shape index (κ1) is 11.2. The number of carbonyl (C=O) groups excluding carboxylic acids is 1. The van der Waals surface area contributed by atoms with Gasteiger partial charge in [0.1, 0.15) is 11.4 Å². The van der Waals surface area contributed by atoms with Crippen molar-refractivity contribution in [3.8, 4) is 0 Å². The number of hydrogen-bond acceptors (Lipinski definition) is 3. The van der Waals surface area contributed by atoms with E-state index in [4.69, 9.17) is 9.15 Å². The van der Waals surface area contributed by atoms with Gasteiger partial charge in [-0.25, -0.2) is 0 Å². The first-order valence-corrected chi connectivity index (χ1v) is 5.67. The molecule has 16 heavy (non-hydrogen) atoms. The Bertz CT molecular complexity index is 366. The Kier molecular flexibility index (Phi) is 2.56. The van der Waals surface area contributed by atoms with E-state index in [1.807, 2.05) is 32.9 Å². The SMILES string of the molecule is CC(C)(C)OC(=O)CC1(c2ccco2)CC1. The second-order valence-electron chi connectivity index (χ2n) is 5.52. The molecule has 1 aliphatic rings. The minimum absolute atomic E-state index is 0.0775. The van der Waals surface area contributed by atoms with Crippen LogP contribution in [0.15, 0.2) is 22.8 Å². The van der Waals surface area contributed by atoms with Crippen LogP contribution in [0.5, 0.6) is 0 Å². The van der Waals surface area contributed by atoms with Crippen LogP contribution in [-0.2, 0) is 14.9 Å². The highest BCUT2D eigenvalue weighted by atomic mass is 16.6. The fraction of sp³-hybridized carbons (Fsp3) is 0.615. The van der Waals surface area contributed by atoms with Crippen LogP contribution in [0.3, 0.4) is 0 Å². The van der Waals surface area contributed by atoms with E-state index in [-0.39, 0.29) is 11.4 Å². The van der Waals surface area contributed by atoms with E-state index in [9.17, 15) is 4.79 Å². The topological polar surface area (TPSA) is 39.4 Å². The normalized spacial score (nSPS) is 18.2. The fourth-order valence-electron chi connectivity index (χ4n) is 1.90. The second kappa shape index (κ2) is 3.65. The van der Waals surface area contributed by atoms with E-state index in [2.05, 4.69) is 0 Å². The minimum Gasteiger partial charge on any atom is -0.469 e. The van der Waals surface area contributed by atoms with Gasteiger partial charge in [0, 0.05) is 5.41 Å². The summed E-state index contributed by atoms with van der Waals surface area (Å²) in [4.78, 5) is 11.7. The van der Waals surface area contributed by atoms with Gasteiger partial charge < -0.3 is 9.15 Å². The Balaban J connectivity index is 1.98. The largest absolute Gasteiger partial charge is 0.469 e. The van der Waals surface area contributed by atoms with Crippen molar-refractivity contribution in [3.05, 3.63) is 24.2 Å². The smallest absolute Gasteiger partial charge is 0.307 e. The molecular weight excluding hydrogens is 204 g/mol. The van der Waals surface area contributed by atoms with Gasteiger partial charge in [0.05, 0.1) is 12.7 Å². The number of esters is 1. The van der Waals surface area contributed by atoms with Crippen LogP contribution in [0.4, 0.5) is 0 Å². The van der Waals surface area contributed by atoms with Crippen molar-refractivity contribution >= 4 is 5.97 Å². The molecule has 1 fully saturated rings. The average molecular weight is 222 g/mol. The number of rotatable bonds is 3. The predicted molar refractivity (Wildman–Crippen MR) is 60.1 cm³/mol. The van der Waals surface area contributed by atoms with E-state index in [1.165, 1.54) is 0 Å². The summed E-state index contributed by atoms with van der Waals surface area (Å²) >= 11 is 0. The predicted octanol–water partition coefficient (Wildman–Crippen LogP) is 3.04. The Morgan fingerprint density at radius 1 is 1.50 bits per heavy atom. The molecule has 1 aliphatic carbocycles. The van der Waals surface area contributed by atoms with Gasteiger partial charge in [-0.2, -0.15) is 0 Å². The van der Waals surface area contributed by atoms with Crippen LogP contribution < -0.4 is 0 Å². The molecule has 0 aromatic carbocycles. The van der Waals surface area contributed by atoms with Crippen molar-refractivity contribution in [2.45, 2.75) is 51.0 Å². The molecule has 0 radical (unpaired) electrons. The monoisotopic (exact) mass is 222 g/mol. The molecule has 1 saturated carbocycles. The first-order valence-electron chi connectivity index (χ1n) is 5.67. The summed E-state index contributed by atoms with van der Waals surface area (Å²) in [5.74, 6) is 0.778. The Morgan fingerprint density at radius 3 is 2.62 bits per heavy atom. The molecular formula is C13H18O3. The molecule has 0 saturated heterocycles. The van der Waals surface area contributed by atoms with Gasteiger partial charge in [-0.05, 0) is 45.7 Å². The highest BCUT2D eigenvalue weighted by molar-refractivity contribution is 5.72. The number of ether oxygens (including phenoxy) is 1. The zero-order valence-corrected chi connectivity index (χ0v) is 10.1. The van der Waals surface area contributed by atoms with Gasteiger partial charge in [0.15, 0.2) is 0 Å². The maximum Gasteiger partial charge on any atom is 0.307 e. The molecule has 1 aromatic heterocycles. The van der Waals surface area contributed by atoms with E-state index in [0.717, 1.165) is 18.6 Å². The summed E-state index contributed by atoms with van der Waals surface area (Å²) in [7, 11) is 0. The molecule has 0 bridgehead atoms. The summed E-state index contributed by atoms with van der Waals surface area (Å²) in [5.41, 5.74) is -0.484. The molecule has 2 rings (SSSR count). The molecule has 3 nitrogen and oxygen atoms in total. The molecule has 3 heteroatoms. The third kappa shape index (κ3) is 2.46. The minimum atomic E-state index is -0.406. The quantitative estimate of drug-likeness (QED) is 0.738. The highest BCUT2D eigenvalue weighted by Crippen LogP contribution is 2.51. The van der Waals surface area contributed by atoms with E-state index in [0.29, 0.717) is 6.42 Å². The van der Waals surface area contributed by atoms with Gasteiger partial charge in [0.25, 0.3) is 0 Å². The Morgan fingerprint density at radius 2 is 2.19 bits per heavy atom. The standard InChI is InChI=1S/C13H18O3/c1-12(2,3)16-11(14)9-13(6-7-13)10-5-4-8-15-10/h4-5,8H,6-7,9H2,1-3H3. The highest BCUT2D eigenvalue weighted by Gasteiger charge is 2.49. The first-order chi connectivity index (χ1) is 7.41. The van der Waals surface area contributed by atoms with E-state index >= 15 is 0 Å². The Labute approximate surface area is 95.8 Å². The lowest BCUT2D eigenvalue weighted by Gasteiger charge is -2.21. The molecule has 0 N–H and O–H groups in total. The second-order valence-corrected chi connectivity index (χ2v) is 5.52. The fourth-order valence-corrected chi connectivity index (χ4v) is 1.90. The maximum absolute atomic E-state index is 11.7. The zero-order chi connectivity index (χ0) is 11.8. The lowest BCUT2D eigenvalue weighted by atomic mass is 9.99. The van der Waals surface area contributed by atoms with E-state index < -0.39 is 5.60 Å². The lowest BCUT2D eigenvalue weighted by molar-refractivity contribution is -0.155. The van der Waals surface area contributed by atoms with Crippen molar-refractivity contribution < 1.29 is 13.9 Å². The zero-order valence-electron chi connectivity index (χ0n) is 10.1. The van der Waals surface area contributed by atoms with Gasteiger partial charge in [-0.1, -0.05) is 0 Å². The number of furan rings is 1. The van der Waals surface area contributed by atoms with Crippen molar-refractivity contribution in [2.75, 3.05) is 0 Å². The van der Waals surface area contributed by atoms with E-state index in [1.54, 1.807) is 6.26 Å². The summed E-state index contributed by atoms with van der Waals surface area (Å²) in [6.07, 6.45) is 4.11.